The highest BCUT2D eigenvalue weighted by Crippen LogP contribution is 2.62. The van der Waals surface area contributed by atoms with Crippen molar-refractivity contribution in [3.05, 3.63) is 244 Å². The Morgan fingerprint density at radius 3 is 1.81 bits per heavy atom. The zero-order valence-electron chi connectivity index (χ0n) is 42.8. The molecule has 2 nitrogen and oxygen atoms in total. The molecule has 0 aliphatic heterocycles. The number of allylic oxidation sites excluding steroid dienone is 8. The summed E-state index contributed by atoms with van der Waals surface area (Å²) in [5, 5.41) is 0. The van der Waals surface area contributed by atoms with Gasteiger partial charge in [0.05, 0.1) is 11.4 Å². The van der Waals surface area contributed by atoms with Gasteiger partial charge < -0.3 is 9.80 Å². The molecule has 354 valence electrons. The Morgan fingerprint density at radius 2 is 1.12 bits per heavy atom. The minimum absolute atomic E-state index is 0.116. The van der Waals surface area contributed by atoms with Gasteiger partial charge >= 0.3 is 0 Å². The van der Waals surface area contributed by atoms with Gasteiger partial charge in [0.25, 0.3) is 0 Å². The van der Waals surface area contributed by atoms with E-state index in [9.17, 15) is 0 Å². The Morgan fingerprint density at radius 1 is 0.542 bits per heavy atom. The zero-order valence-corrected chi connectivity index (χ0v) is 42.8. The summed E-state index contributed by atoms with van der Waals surface area (Å²) in [6.07, 6.45) is 16.7. The molecule has 0 unspecified atom stereocenters. The second-order valence-electron chi connectivity index (χ2n) is 23.1. The van der Waals surface area contributed by atoms with E-state index in [0.29, 0.717) is 0 Å². The highest BCUT2D eigenvalue weighted by atomic mass is 15.2. The number of anilines is 5. The molecular weight excluding hydrogens is 869 g/mol. The van der Waals surface area contributed by atoms with Crippen LogP contribution < -0.4 is 9.80 Å². The maximum absolute atomic E-state index is 3.52. The lowest BCUT2D eigenvalue weighted by Gasteiger charge is -2.57. The molecule has 4 saturated carbocycles. The van der Waals surface area contributed by atoms with E-state index in [1.807, 2.05) is 6.08 Å². The zero-order chi connectivity index (χ0) is 48.9. The molecule has 0 amide bonds. The van der Waals surface area contributed by atoms with Crippen LogP contribution in [0.3, 0.4) is 0 Å². The third-order valence-electron chi connectivity index (χ3n) is 18.0. The quantitative estimate of drug-likeness (QED) is 0.126. The standard InChI is InChI=1S/C70H64N2/c1-46(35-64-47(2)57-25-13-17-29-62(57)68(64,3)4)71(66-31-19-15-26-58(66)51-21-9-7-10-22-51)55-39-53(70-43-48-36-49(44-70)38-50(37-48)45-70)40-56(41-55)72(67-32-20-16-27-59(67)52-23-11-8-12-24-52)54-33-34-61-60-28-14-18-30-63(60)69(5,6)65(61)42-54/h7-9,11-21,23-35,39-42,48-50H,36-38,43-45H2,1-6H3/b46-35+. The average Bonchev–Trinajstić information content (AvgIpc) is 3.74. The monoisotopic (exact) mass is 933 g/mol. The molecule has 0 spiro atoms. The summed E-state index contributed by atoms with van der Waals surface area (Å²) in [4.78, 5) is 5.20. The molecule has 0 heterocycles. The largest absolute Gasteiger partial charge is 0.314 e. The van der Waals surface area contributed by atoms with Gasteiger partial charge in [0.2, 0.25) is 0 Å². The summed E-state index contributed by atoms with van der Waals surface area (Å²) in [5.74, 6) is 2.38. The van der Waals surface area contributed by atoms with Crippen molar-refractivity contribution >= 4 is 39.6 Å². The smallest absolute Gasteiger partial charge is 0.0543 e. The van der Waals surface area contributed by atoms with E-state index >= 15 is 0 Å². The molecule has 0 N–H and O–H groups in total. The lowest BCUT2D eigenvalue weighted by atomic mass is 9.48. The van der Waals surface area contributed by atoms with Crippen LogP contribution in [0, 0.1) is 17.8 Å². The molecule has 0 radical (unpaired) electrons. The number of hydrogen-bond acceptors (Lipinski definition) is 2. The maximum Gasteiger partial charge on any atom is 0.0543 e. The average molecular weight is 933 g/mol. The Kier molecular flexibility index (Phi) is 10.5. The van der Waals surface area contributed by atoms with Gasteiger partial charge in [-0.15, -0.1) is 0 Å². The van der Waals surface area contributed by atoms with Crippen LogP contribution in [0.5, 0.6) is 0 Å². The van der Waals surface area contributed by atoms with Gasteiger partial charge in [-0.1, -0.05) is 167 Å². The summed E-state index contributed by atoms with van der Waals surface area (Å²) in [7, 11) is 0. The SMILES string of the molecule is CC1=C(/C=C(\C)N(c2cc(N(c3ccc4c(c3)C(C)(C)c3ccccc3-4)c3ccccc3-c3ccccc3)cc(C34CC5CC(CC(C5)C3)C4)c2)c2ccccc2C2=C=C=CC=C2)C(C)(C)c2ccccc21. The number of para-hydroxylation sites is 2. The first-order valence-electron chi connectivity index (χ1n) is 26.6. The van der Waals surface area contributed by atoms with Crippen LogP contribution in [-0.2, 0) is 16.2 Å². The predicted octanol–water partition coefficient (Wildman–Crippen LogP) is 18.7. The normalized spacial score (nSPS) is 22.4. The van der Waals surface area contributed by atoms with Crippen LogP contribution in [0.15, 0.2) is 211 Å². The molecule has 2 heteroatoms. The van der Waals surface area contributed by atoms with Gasteiger partial charge in [-0.2, -0.15) is 0 Å². The molecule has 0 aromatic heterocycles. The first-order chi connectivity index (χ1) is 35.0. The summed E-state index contributed by atoms with van der Waals surface area (Å²) < 4.78 is 0. The Balaban J connectivity index is 1.09. The van der Waals surface area contributed by atoms with Crippen molar-refractivity contribution < 1.29 is 0 Å². The van der Waals surface area contributed by atoms with Crippen molar-refractivity contribution in [2.75, 3.05) is 9.80 Å². The highest BCUT2D eigenvalue weighted by molar-refractivity contribution is 5.93. The number of hydrogen-bond donors (Lipinski definition) is 0. The fourth-order valence-electron chi connectivity index (χ4n) is 15.0. The first-order valence-corrected chi connectivity index (χ1v) is 26.6. The van der Waals surface area contributed by atoms with Gasteiger partial charge in [0, 0.05) is 50.3 Å². The van der Waals surface area contributed by atoms with Crippen molar-refractivity contribution in [2.24, 2.45) is 17.8 Å². The van der Waals surface area contributed by atoms with E-state index in [2.05, 4.69) is 245 Å². The van der Waals surface area contributed by atoms with Gasteiger partial charge in [-0.05, 0) is 192 Å². The van der Waals surface area contributed by atoms with Crippen LogP contribution in [0.25, 0.3) is 33.4 Å². The minimum atomic E-state index is -0.166. The van der Waals surface area contributed by atoms with E-state index in [1.54, 1.807) is 0 Å². The van der Waals surface area contributed by atoms with E-state index in [1.165, 1.54) is 128 Å². The number of fused-ring (bicyclic) bond motifs is 4. The Bertz CT molecular complexity index is 3520. The van der Waals surface area contributed by atoms with E-state index < -0.39 is 0 Å². The maximum atomic E-state index is 3.52. The number of nitrogens with zero attached hydrogens (tertiary/aromatic N) is 2. The van der Waals surface area contributed by atoms with Crippen molar-refractivity contribution in [2.45, 2.75) is 96.3 Å². The fraction of sp³-hybridized carbons (Fsp3) is 0.257. The van der Waals surface area contributed by atoms with E-state index in [-0.39, 0.29) is 16.2 Å². The topological polar surface area (TPSA) is 6.48 Å². The van der Waals surface area contributed by atoms with Crippen LogP contribution in [0.4, 0.5) is 28.4 Å². The summed E-state index contributed by atoms with van der Waals surface area (Å²) in [6, 6.07) is 62.2. The van der Waals surface area contributed by atoms with Crippen LogP contribution >= 0.6 is 0 Å². The second-order valence-corrected chi connectivity index (χ2v) is 23.1. The number of rotatable bonds is 10. The van der Waals surface area contributed by atoms with Crippen molar-refractivity contribution in [1.29, 1.82) is 0 Å². The Hall–Kier alpha value is -7.34. The van der Waals surface area contributed by atoms with Crippen molar-refractivity contribution in [3.8, 4) is 22.3 Å². The molecule has 14 rings (SSSR count). The Labute approximate surface area is 427 Å². The lowest BCUT2D eigenvalue weighted by Crippen LogP contribution is -2.48. The molecule has 0 atom stereocenters. The van der Waals surface area contributed by atoms with Gasteiger partial charge in [0.1, 0.15) is 0 Å². The predicted molar refractivity (Wildman–Crippen MR) is 303 cm³/mol. The molecule has 4 bridgehead atoms. The highest BCUT2D eigenvalue weighted by Gasteiger charge is 2.52. The van der Waals surface area contributed by atoms with Crippen molar-refractivity contribution in [3.63, 3.8) is 0 Å². The van der Waals surface area contributed by atoms with Gasteiger partial charge in [0.15, 0.2) is 0 Å². The molecule has 7 aliphatic carbocycles. The molecule has 4 fully saturated rings. The molecule has 7 aliphatic rings. The van der Waals surface area contributed by atoms with E-state index in [0.717, 1.165) is 34.6 Å². The van der Waals surface area contributed by atoms with Crippen LogP contribution in [0.2, 0.25) is 0 Å². The minimum Gasteiger partial charge on any atom is -0.314 e. The molecule has 7 aromatic carbocycles. The first kappa shape index (κ1) is 44.6. The van der Waals surface area contributed by atoms with Crippen LogP contribution in [0.1, 0.15) is 113 Å². The third-order valence-corrected chi connectivity index (χ3v) is 18.0. The lowest BCUT2D eigenvalue weighted by molar-refractivity contribution is -0.00515. The van der Waals surface area contributed by atoms with Crippen LogP contribution in [-0.4, -0.2) is 0 Å². The van der Waals surface area contributed by atoms with Crippen molar-refractivity contribution in [1.82, 2.24) is 0 Å². The fourth-order valence-corrected chi connectivity index (χ4v) is 15.0. The molecular formula is C70H64N2. The molecule has 72 heavy (non-hydrogen) atoms. The third kappa shape index (κ3) is 7.14. The second kappa shape index (κ2) is 16.9. The van der Waals surface area contributed by atoms with E-state index in [4.69, 9.17) is 0 Å². The molecule has 7 aromatic rings. The van der Waals surface area contributed by atoms with Gasteiger partial charge in [-0.25, -0.2) is 0 Å². The number of benzene rings is 7. The molecule has 0 saturated heterocycles. The summed E-state index contributed by atoms with van der Waals surface area (Å²) in [5.41, 5.74) is 30.6. The summed E-state index contributed by atoms with van der Waals surface area (Å²) >= 11 is 0. The van der Waals surface area contributed by atoms with Gasteiger partial charge in [-0.3, -0.25) is 0 Å². The summed E-state index contributed by atoms with van der Waals surface area (Å²) in [6.45, 7) is 14.3.